The first-order valence-corrected chi connectivity index (χ1v) is 8.75. The molecule has 0 amide bonds. The van der Waals surface area contributed by atoms with Crippen molar-refractivity contribution in [1.82, 2.24) is 20.3 Å². The topological polar surface area (TPSA) is 88.8 Å². The van der Waals surface area contributed by atoms with Crippen LogP contribution in [0.25, 0.3) is 11.3 Å². The van der Waals surface area contributed by atoms with Crippen molar-refractivity contribution in [2.45, 2.75) is 13.8 Å². The van der Waals surface area contributed by atoms with Crippen molar-refractivity contribution in [3.05, 3.63) is 58.1 Å². The number of benzene rings is 2. The standard InChI is InChI=1S/C18H15BrN6O/c1-10-6-7-14(8-11(10)2)21-16-15(20-13-5-3-4-12(19)9-13)22-17-18(23-16)25-26-24-17/h3-9H,1-2H3,(H,20,22,24)(H,21,23,25). The number of anilines is 4. The summed E-state index contributed by atoms with van der Waals surface area (Å²) in [5.74, 6) is 1.07. The lowest BCUT2D eigenvalue weighted by Crippen LogP contribution is -2.03. The summed E-state index contributed by atoms with van der Waals surface area (Å²) in [6.45, 7) is 4.14. The third kappa shape index (κ3) is 3.36. The average Bonchev–Trinajstić information content (AvgIpc) is 3.06. The maximum Gasteiger partial charge on any atom is 0.245 e. The number of aryl methyl sites for hydroxylation is 2. The van der Waals surface area contributed by atoms with E-state index in [1.165, 1.54) is 11.1 Å². The van der Waals surface area contributed by atoms with E-state index in [0.29, 0.717) is 22.9 Å². The van der Waals surface area contributed by atoms with Crippen molar-refractivity contribution in [2.75, 3.05) is 10.6 Å². The van der Waals surface area contributed by atoms with E-state index >= 15 is 0 Å². The molecule has 0 spiro atoms. The fourth-order valence-electron chi connectivity index (χ4n) is 2.47. The minimum atomic E-state index is 0.341. The molecule has 4 aromatic rings. The summed E-state index contributed by atoms with van der Waals surface area (Å²) in [6.07, 6.45) is 0. The van der Waals surface area contributed by atoms with E-state index in [0.717, 1.165) is 15.8 Å². The van der Waals surface area contributed by atoms with E-state index in [-0.39, 0.29) is 0 Å². The highest BCUT2D eigenvalue weighted by molar-refractivity contribution is 9.10. The molecule has 2 aromatic heterocycles. The van der Waals surface area contributed by atoms with Crippen molar-refractivity contribution >= 4 is 50.2 Å². The number of nitrogens with one attached hydrogen (secondary N) is 2. The Kier molecular flexibility index (Phi) is 4.26. The van der Waals surface area contributed by atoms with Crippen LogP contribution >= 0.6 is 15.9 Å². The van der Waals surface area contributed by atoms with Crippen LogP contribution in [0.3, 0.4) is 0 Å². The van der Waals surface area contributed by atoms with Gasteiger partial charge in [-0.05, 0) is 65.6 Å². The van der Waals surface area contributed by atoms with Gasteiger partial charge in [0, 0.05) is 15.8 Å². The van der Waals surface area contributed by atoms with Crippen molar-refractivity contribution in [1.29, 1.82) is 0 Å². The Balaban J connectivity index is 1.74. The van der Waals surface area contributed by atoms with Gasteiger partial charge in [0.2, 0.25) is 11.3 Å². The molecule has 0 radical (unpaired) electrons. The van der Waals surface area contributed by atoms with Crippen LogP contribution in [0, 0.1) is 13.8 Å². The van der Waals surface area contributed by atoms with Gasteiger partial charge in [0.05, 0.1) is 0 Å². The number of aromatic nitrogens is 4. The van der Waals surface area contributed by atoms with Crippen LogP contribution in [-0.2, 0) is 0 Å². The quantitative estimate of drug-likeness (QED) is 0.495. The molecule has 7 nitrogen and oxygen atoms in total. The molecule has 0 aliphatic heterocycles. The Morgan fingerprint density at radius 3 is 2.08 bits per heavy atom. The second-order valence-corrected chi connectivity index (χ2v) is 6.81. The van der Waals surface area contributed by atoms with Crippen LogP contribution in [0.1, 0.15) is 11.1 Å². The minimum Gasteiger partial charge on any atom is -0.337 e. The molecule has 0 aliphatic rings. The summed E-state index contributed by atoms with van der Waals surface area (Å²) < 4.78 is 5.70. The zero-order valence-corrected chi connectivity index (χ0v) is 15.7. The summed E-state index contributed by atoms with van der Waals surface area (Å²) in [7, 11) is 0. The Bertz CT molecular complexity index is 1090. The molecule has 0 atom stereocenters. The van der Waals surface area contributed by atoms with Gasteiger partial charge in [-0.3, -0.25) is 0 Å². The van der Waals surface area contributed by atoms with Crippen molar-refractivity contribution in [3.63, 3.8) is 0 Å². The predicted octanol–water partition coefficient (Wildman–Crippen LogP) is 4.88. The molecule has 2 aromatic carbocycles. The van der Waals surface area contributed by atoms with Crippen LogP contribution in [0.2, 0.25) is 0 Å². The Morgan fingerprint density at radius 1 is 0.808 bits per heavy atom. The average molecular weight is 411 g/mol. The van der Waals surface area contributed by atoms with Crippen molar-refractivity contribution in [2.24, 2.45) is 0 Å². The number of hydrogen-bond acceptors (Lipinski definition) is 7. The maximum atomic E-state index is 4.74. The number of nitrogens with zero attached hydrogens (tertiary/aromatic N) is 4. The highest BCUT2D eigenvalue weighted by Crippen LogP contribution is 2.28. The van der Waals surface area contributed by atoms with E-state index in [4.69, 9.17) is 4.63 Å². The molecule has 8 heteroatoms. The number of fused-ring (bicyclic) bond motifs is 1. The van der Waals surface area contributed by atoms with E-state index in [1.54, 1.807) is 0 Å². The van der Waals surface area contributed by atoms with Gasteiger partial charge < -0.3 is 10.6 Å². The monoisotopic (exact) mass is 410 g/mol. The SMILES string of the molecule is Cc1ccc(Nc2nc3nonc3nc2Nc2cccc(Br)c2)cc1C. The second kappa shape index (κ2) is 6.72. The highest BCUT2D eigenvalue weighted by atomic mass is 79.9. The molecule has 4 rings (SSSR count). The fraction of sp³-hybridized carbons (Fsp3) is 0.111. The number of halogens is 1. The first kappa shape index (κ1) is 16.5. The zero-order valence-electron chi connectivity index (χ0n) is 14.1. The van der Waals surface area contributed by atoms with Gasteiger partial charge in [0.1, 0.15) is 0 Å². The molecule has 0 saturated heterocycles. The van der Waals surface area contributed by atoms with Gasteiger partial charge in [-0.2, -0.15) is 0 Å². The van der Waals surface area contributed by atoms with Crippen LogP contribution in [0.4, 0.5) is 23.0 Å². The van der Waals surface area contributed by atoms with Crippen LogP contribution < -0.4 is 10.6 Å². The summed E-state index contributed by atoms with van der Waals surface area (Å²) >= 11 is 3.47. The second-order valence-electron chi connectivity index (χ2n) is 5.89. The summed E-state index contributed by atoms with van der Waals surface area (Å²) in [4.78, 5) is 8.96. The Morgan fingerprint density at radius 2 is 1.46 bits per heavy atom. The number of hydrogen-bond donors (Lipinski definition) is 2. The van der Waals surface area contributed by atoms with Crippen LogP contribution in [-0.4, -0.2) is 20.3 Å². The van der Waals surface area contributed by atoms with Gasteiger partial charge in [-0.25, -0.2) is 14.6 Å². The lowest BCUT2D eigenvalue weighted by molar-refractivity contribution is 0.314. The van der Waals surface area contributed by atoms with E-state index in [9.17, 15) is 0 Å². The van der Waals surface area contributed by atoms with E-state index < -0.39 is 0 Å². The van der Waals surface area contributed by atoms with Gasteiger partial charge in [0.25, 0.3) is 0 Å². The first-order valence-electron chi connectivity index (χ1n) is 7.96. The van der Waals surface area contributed by atoms with Gasteiger partial charge in [0.15, 0.2) is 11.6 Å². The Hall–Kier alpha value is -3.00. The summed E-state index contributed by atoms with van der Waals surface area (Å²) in [6, 6.07) is 13.9. The normalized spacial score (nSPS) is 10.9. The van der Waals surface area contributed by atoms with E-state index in [2.05, 4.69) is 72.8 Å². The minimum absolute atomic E-state index is 0.341. The third-order valence-electron chi connectivity index (χ3n) is 3.97. The lowest BCUT2D eigenvalue weighted by atomic mass is 10.1. The summed E-state index contributed by atoms with van der Waals surface area (Å²) in [5, 5.41) is 14.1. The maximum absolute atomic E-state index is 4.74. The third-order valence-corrected chi connectivity index (χ3v) is 4.46. The molecule has 2 N–H and O–H groups in total. The smallest absolute Gasteiger partial charge is 0.245 e. The van der Waals surface area contributed by atoms with Crippen molar-refractivity contribution < 1.29 is 4.63 Å². The number of rotatable bonds is 4. The molecule has 2 heterocycles. The summed E-state index contributed by atoms with van der Waals surface area (Å²) in [5.41, 5.74) is 4.88. The fourth-order valence-corrected chi connectivity index (χ4v) is 2.87. The largest absolute Gasteiger partial charge is 0.337 e. The van der Waals surface area contributed by atoms with E-state index in [1.807, 2.05) is 30.3 Å². The Labute approximate surface area is 158 Å². The molecular weight excluding hydrogens is 396 g/mol. The van der Waals surface area contributed by atoms with Crippen LogP contribution in [0.5, 0.6) is 0 Å². The molecule has 0 fully saturated rings. The van der Waals surface area contributed by atoms with Gasteiger partial charge in [-0.1, -0.05) is 28.1 Å². The molecule has 26 heavy (non-hydrogen) atoms. The molecule has 0 bridgehead atoms. The molecule has 130 valence electrons. The first-order chi connectivity index (χ1) is 12.6. The molecule has 0 aliphatic carbocycles. The zero-order chi connectivity index (χ0) is 18.1. The lowest BCUT2D eigenvalue weighted by Gasteiger charge is -2.13. The van der Waals surface area contributed by atoms with Gasteiger partial charge >= 0.3 is 0 Å². The molecular formula is C18H15BrN6O. The predicted molar refractivity (Wildman–Crippen MR) is 104 cm³/mol. The molecule has 0 unspecified atom stereocenters. The van der Waals surface area contributed by atoms with Crippen molar-refractivity contribution in [3.8, 4) is 0 Å². The van der Waals surface area contributed by atoms with Gasteiger partial charge in [-0.15, -0.1) is 0 Å². The van der Waals surface area contributed by atoms with Crippen LogP contribution in [0.15, 0.2) is 51.6 Å². The molecule has 0 saturated carbocycles. The highest BCUT2D eigenvalue weighted by Gasteiger charge is 2.13.